The molecule has 0 amide bonds. The van der Waals surface area contributed by atoms with Crippen LogP contribution in [0.5, 0.6) is 0 Å². The summed E-state index contributed by atoms with van der Waals surface area (Å²) in [5.41, 5.74) is -0.438. The van der Waals surface area contributed by atoms with Crippen LogP contribution in [-0.2, 0) is 11.7 Å². The van der Waals surface area contributed by atoms with Gasteiger partial charge in [-0.05, 0) is 38.1 Å². The van der Waals surface area contributed by atoms with Crippen LogP contribution in [0.1, 0.15) is 24.4 Å². The number of anilines is 1. The van der Waals surface area contributed by atoms with Gasteiger partial charge in [0.1, 0.15) is 5.01 Å². The zero-order chi connectivity index (χ0) is 14.1. The molecule has 0 saturated carbocycles. The molecule has 2 nitrogen and oxygen atoms in total. The number of aromatic nitrogens is 1. The van der Waals surface area contributed by atoms with E-state index < -0.39 is 17.3 Å². The Morgan fingerprint density at radius 2 is 1.74 bits per heavy atom. The van der Waals surface area contributed by atoms with E-state index >= 15 is 0 Å². The number of hydrogen-bond acceptors (Lipinski definition) is 3. The van der Waals surface area contributed by atoms with Crippen molar-refractivity contribution in [3.63, 3.8) is 0 Å². The van der Waals surface area contributed by atoms with Gasteiger partial charge in [-0.2, -0.15) is 13.2 Å². The molecule has 2 aromatic rings. The van der Waals surface area contributed by atoms with E-state index in [2.05, 4.69) is 10.3 Å². The van der Waals surface area contributed by atoms with Gasteiger partial charge >= 0.3 is 6.18 Å². The number of halogens is 3. The number of hydrogen-bond donors (Lipinski definition) is 1. The zero-order valence-corrected chi connectivity index (χ0v) is 11.3. The molecule has 1 N–H and O–H groups in total. The second-order valence-corrected chi connectivity index (χ2v) is 5.56. The monoisotopic (exact) mass is 286 g/mol. The lowest BCUT2D eigenvalue weighted by molar-refractivity contribution is -0.137. The van der Waals surface area contributed by atoms with Crippen LogP contribution in [0.4, 0.5) is 18.9 Å². The van der Waals surface area contributed by atoms with E-state index in [9.17, 15) is 13.2 Å². The molecule has 0 radical (unpaired) electrons. The highest BCUT2D eigenvalue weighted by atomic mass is 32.1. The molecule has 0 saturated heterocycles. The Bertz CT molecular complexity index is 530. The van der Waals surface area contributed by atoms with Gasteiger partial charge in [-0.3, -0.25) is 0 Å². The summed E-state index contributed by atoms with van der Waals surface area (Å²) in [5.74, 6) is 0. The third-order valence-electron chi connectivity index (χ3n) is 2.64. The Balaban J connectivity index is 2.16. The van der Waals surface area contributed by atoms with E-state index in [-0.39, 0.29) is 0 Å². The molecule has 0 spiro atoms. The first-order valence-electron chi connectivity index (χ1n) is 5.64. The summed E-state index contributed by atoms with van der Waals surface area (Å²) in [6.07, 6.45) is -2.60. The molecule has 6 heteroatoms. The minimum Gasteiger partial charge on any atom is -0.374 e. The fourth-order valence-corrected chi connectivity index (χ4v) is 2.41. The molecule has 2 rings (SSSR count). The van der Waals surface area contributed by atoms with Crippen LogP contribution in [0.25, 0.3) is 0 Å². The standard InChI is InChI=1S/C13H13F3N2S/c1-12(2,11-17-7-8-19-11)18-10-5-3-9(4-6-10)13(14,15)16/h3-8,18H,1-2H3. The SMILES string of the molecule is CC(C)(Nc1ccc(C(F)(F)F)cc1)c1nccs1. The second kappa shape index (κ2) is 4.85. The highest BCUT2D eigenvalue weighted by Gasteiger charge is 2.30. The average Bonchev–Trinajstić information content (AvgIpc) is 2.82. The normalized spacial score (nSPS) is 12.5. The fraction of sp³-hybridized carbons (Fsp3) is 0.308. The van der Waals surface area contributed by atoms with Gasteiger partial charge in [-0.15, -0.1) is 11.3 Å². The molecule has 1 aromatic carbocycles. The van der Waals surface area contributed by atoms with Gasteiger partial charge in [0.15, 0.2) is 0 Å². The summed E-state index contributed by atoms with van der Waals surface area (Å²) in [7, 11) is 0. The molecule has 0 unspecified atom stereocenters. The topological polar surface area (TPSA) is 24.9 Å². The van der Waals surface area contributed by atoms with Gasteiger partial charge in [0, 0.05) is 17.3 Å². The lowest BCUT2D eigenvalue weighted by Gasteiger charge is -2.25. The van der Waals surface area contributed by atoms with Crippen LogP contribution in [0, 0.1) is 0 Å². The summed E-state index contributed by atoms with van der Waals surface area (Å²) in [6.45, 7) is 3.87. The van der Waals surface area contributed by atoms with E-state index in [1.807, 2.05) is 19.2 Å². The summed E-state index contributed by atoms with van der Waals surface area (Å²) in [5, 5.41) is 5.93. The van der Waals surface area contributed by atoms with Crippen molar-refractivity contribution in [3.8, 4) is 0 Å². The Hall–Kier alpha value is -1.56. The van der Waals surface area contributed by atoms with Gasteiger partial charge in [-0.25, -0.2) is 4.98 Å². The van der Waals surface area contributed by atoms with Crippen molar-refractivity contribution < 1.29 is 13.2 Å². The van der Waals surface area contributed by atoms with Gasteiger partial charge < -0.3 is 5.32 Å². The van der Waals surface area contributed by atoms with Crippen molar-refractivity contribution >= 4 is 17.0 Å². The quantitative estimate of drug-likeness (QED) is 0.898. The third kappa shape index (κ3) is 3.26. The van der Waals surface area contributed by atoms with Crippen molar-refractivity contribution in [2.45, 2.75) is 25.6 Å². The van der Waals surface area contributed by atoms with E-state index in [4.69, 9.17) is 0 Å². The highest BCUT2D eigenvalue weighted by molar-refractivity contribution is 7.09. The summed E-state index contributed by atoms with van der Waals surface area (Å²) in [6, 6.07) is 5.00. The first-order valence-corrected chi connectivity index (χ1v) is 6.52. The van der Waals surface area contributed by atoms with Crippen molar-refractivity contribution in [2.24, 2.45) is 0 Å². The molecule has 0 fully saturated rings. The molecule has 1 aromatic heterocycles. The van der Waals surface area contributed by atoms with Crippen LogP contribution in [0.3, 0.4) is 0 Å². The van der Waals surface area contributed by atoms with Gasteiger partial charge in [-0.1, -0.05) is 0 Å². The number of rotatable bonds is 3. The molecular weight excluding hydrogens is 273 g/mol. The van der Waals surface area contributed by atoms with Crippen molar-refractivity contribution in [1.82, 2.24) is 4.98 Å². The second-order valence-electron chi connectivity index (χ2n) is 4.66. The number of nitrogens with zero attached hydrogens (tertiary/aromatic N) is 1. The molecule has 19 heavy (non-hydrogen) atoms. The summed E-state index contributed by atoms with van der Waals surface area (Å²) < 4.78 is 37.4. The van der Waals surface area contributed by atoms with Gasteiger partial charge in [0.05, 0.1) is 11.1 Å². The molecular formula is C13H13F3N2S. The number of nitrogens with one attached hydrogen (secondary N) is 1. The molecule has 0 aliphatic carbocycles. The molecule has 0 atom stereocenters. The van der Waals surface area contributed by atoms with E-state index in [0.29, 0.717) is 5.69 Å². The minimum atomic E-state index is -4.30. The Morgan fingerprint density at radius 1 is 1.11 bits per heavy atom. The molecule has 102 valence electrons. The van der Waals surface area contributed by atoms with E-state index in [1.165, 1.54) is 23.5 Å². The van der Waals surface area contributed by atoms with E-state index in [0.717, 1.165) is 17.1 Å². The first-order chi connectivity index (χ1) is 8.79. The minimum absolute atomic E-state index is 0.423. The molecule has 0 bridgehead atoms. The van der Waals surface area contributed by atoms with Crippen LogP contribution in [-0.4, -0.2) is 4.98 Å². The Kier molecular flexibility index (Phi) is 3.54. The maximum absolute atomic E-state index is 12.5. The van der Waals surface area contributed by atoms with Crippen LogP contribution in [0.15, 0.2) is 35.8 Å². The lowest BCUT2D eigenvalue weighted by Crippen LogP contribution is -2.27. The maximum atomic E-state index is 12.5. The number of benzene rings is 1. The largest absolute Gasteiger partial charge is 0.416 e. The highest BCUT2D eigenvalue weighted by Crippen LogP contribution is 2.31. The number of alkyl halides is 3. The predicted octanol–water partition coefficient (Wildman–Crippen LogP) is 4.51. The van der Waals surface area contributed by atoms with Crippen LogP contribution < -0.4 is 5.32 Å². The number of thiazole rings is 1. The first kappa shape index (κ1) is 13.9. The fourth-order valence-electron chi connectivity index (χ4n) is 1.69. The molecule has 1 heterocycles. The predicted molar refractivity (Wildman–Crippen MR) is 70.2 cm³/mol. The Labute approximate surface area is 113 Å². The third-order valence-corrected chi connectivity index (χ3v) is 3.73. The Morgan fingerprint density at radius 3 is 2.21 bits per heavy atom. The van der Waals surface area contributed by atoms with Gasteiger partial charge in [0.25, 0.3) is 0 Å². The van der Waals surface area contributed by atoms with Gasteiger partial charge in [0.2, 0.25) is 0 Å². The van der Waals surface area contributed by atoms with Crippen LogP contribution >= 0.6 is 11.3 Å². The lowest BCUT2D eigenvalue weighted by atomic mass is 10.1. The average molecular weight is 286 g/mol. The summed E-state index contributed by atoms with van der Waals surface area (Å²) >= 11 is 1.50. The van der Waals surface area contributed by atoms with Crippen molar-refractivity contribution in [1.29, 1.82) is 0 Å². The van der Waals surface area contributed by atoms with Crippen molar-refractivity contribution in [2.75, 3.05) is 5.32 Å². The van der Waals surface area contributed by atoms with Crippen molar-refractivity contribution in [3.05, 3.63) is 46.4 Å². The summed E-state index contributed by atoms with van der Waals surface area (Å²) in [4.78, 5) is 4.22. The molecule has 0 aliphatic rings. The molecule has 0 aliphatic heterocycles. The van der Waals surface area contributed by atoms with E-state index in [1.54, 1.807) is 6.20 Å². The zero-order valence-electron chi connectivity index (χ0n) is 10.5. The maximum Gasteiger partial charge on any atom is 0.416 e. The smallest absolute Gasteiger partial charge is 0.374 e. The van der Waals surface area contributed by atoms with Crippen LogP contribution in [0.2, 0.25) is 0 Å².